The number of rotatable bonds is 1. The Bertz CT molecular complexity index is 687. The van der Waals surface area contributed by atoms with Gasteiger partial charge in [0.2, 0.25) is 4.96 Å². The predicted molar refractivity (Wildman–Crippen MR) is 78.2 cm³/mol. The molecule has 3 aromatic rings. The fourth-order valence-corrected chi connectivity index (χ4v) is 3.60. The lowest BCUT2D eigenvalue weighted by atomic mass is 9.98. The molecule has 0 aliphatic rings. The molecule has 0 atom stereocenters. The Balaban J connectivity index is 2.22. The van der Waals surface area contributed by atoms with Gasteiger partial charge in [0.1, 0.15) is 0 Å². The van der Waals surface area contributed by atoms with Crippen molar-refractivity contribution in [3.8, 4) is 11.3 Å². The minimum atomic E-state index is 0.855. The molecule has 0 saturated heterocycles. The Hall–Kier alpha value is -1.20. The molecule has 0 radical (unpaired) electrons. The monoisotopic (exact) mass is 321 g/mol. The van der Waals surface area contributed by atoms with Gasteiger partial charge in [-0.05, 0) is 47.8 Å². The molecule has 0 N–H and O–H groups in total. The molecule has 1 aromatic carbocycles. The molecule has 0 bridgehead atoms. The first kappa shape index (κ1) is 11.9. The first-order valence-corrected chi connectivity index (χ1v) is 7.25. The van der Waals surface area contributed by atoms with Crippen molar-refractivity contribution in [2.24, 2.45) is 0 Å². The van der Waals surface area contributed by atoms with E-state index in [4.69, 9.17) is 0 Å². The second-order valence-corrected chi connectivity index (χ2v) is 6.71. The molecule has 0 fully saturated rings. The fourth-order valence-electron chi connectivity index (χ4n) is 2.38. The molecule has 0 aliphatic carbocycles. The van der Waals surface area contributed by atoms with Crippen LogP contribution in [0.1, 0.15) is 16.7 Å². The average molecular weight is 322 g/mol. The van der Waals surface area contributed by atoms with Crippen molar-refractivity contribution in [3.63, 3.8) is 0 Å². The summed E-state index contributed by atoms with van der Waals surface area (Å²) in [4.78, 5) is 5.56. The van der Waals surface area contributed by atoms with Gasteiger partial charge in [-0.1, -0.05) is 29.0 Å². The molecule has 0 amide bonds. The number of aromatic nitrogens is 3. The third kappa shape index (κ3) is 1.87. The van der Waals surface area contributed by atoms with Crippen molar-refractivity contribution in [1.82, 2.24) is 14.6 Å². The number of fused-ring (bicyclic) bond motifs is 1. The van der Waals surface area contributed by atoms with E-state index in [-0.39, 0.29) is 0 Å². The van der Waals surface area contributed by atoms with Crippen LogP contribution < -0.4 is 0 Å². The van der Waals surface area contributed by atoms with Crippen LogP contribution in [0.5, 0.6) is 0 Å². The van der Waals surface area contributed by atoms with E-state index in [0.29, 0.717) is 0 Å². The second kappa shape index (κ2) is 4.17. The topological polar surface area (TPSA) is 30.2 Å². The summed E-state index contributed by atoms with van der Waals surface area (Å²) in [7, 11) is 0. The largest absolute Gasteiger partial charge is 0.217 e. The van der Waals surface area contributed by atoms with Crippen LogP contribution in [0.3, 0.4) is 0 Å². The fraction of sp³-hybridized carbons (Fsp3) is 0.231. The van der Waals surface area contributed by atoms with E-state index in [0.717, 1.165) is 14.6 Å². The van der Waals surface area contributed by atoms with Crippen LogP contribution in [-0.4, -0.2) is 14.6 Å². The van der Waals surface area contributed by atoms with Gasteiger partial charge in [-0.2, -0.15) is 0 Å². The predicted octanol–water partition coefficient (Wildman–Crippen LogP) is 4.15. The molecule has 2 heterocycles. The van der Waals surface area contributed by atoms with Crippen molar-refractivity contribution in [2.45, 2.75) is 20.8 Å². The van der Waals surface area contributed by atoms with Crippen LogP contribution in [-0.2, 0) is 0 Å². The molecule has 5 heteroatoms. The number of nitrogens with zero attached hydrogens (tertiary/aromatic N) is 3. The van der Waals surface area contributed by atoms with E-state index in [1.54, 1.807) is 0 Å². The van der Waals surface area contributed by atoms with Crippen LogP contribution in [0, 0.1) is 20.8 Å². The van der Waals surface area contributed by atoms with E-state index < -0.39 is 0 Å². The standard InChI is InChI=1S/C13H12BrN3S/c1-7-4-8(2)11(9(3)5-7)10-6-17-13(15-10)18-12(14)16-17/h4-6H,1-3H3. The second-order valence-electron chi connectivity index (χ2n) is 4.48. The highest BCUT2D eigenvalue weighted by Crippen LogP contribution is 2.29. The van der Waals surface area contributed by atoms with E-state index in [1.165, 1.54) is 33.6 Å². The molecule has 2 aromatic heterocycles. The highest BCUT2D eigenvalue weighted by Gasteiger charge is 2.12. The number of hydrogen-bond donors (Lipinski definition) is 0. The van der Waals surface area contributed by atoms with E-state index in [1.807, 2.05) is 10.7 Å². The van der Waals surface area contributed by atoms with E-state index in [9.17, 15) is 0 Å². The van der Waals surface area contributed by atoms with Gasteiger partial charge >= 0.3 is 0 Å². The quantitative estimate of drug-likeness (QED) is 0.674. The third-order valence-electron chi connectivity index (χ3n) is 2.95. The SMILES string of the molecule is Cc1cc(C)c(-c2cn3nc(Br)sc3n2)c(C)c1. The van der Waals surface area contributed by atoms with Gasteiger partial charge in [-0.3, -0.25) is 0 Å². The van der Waals surface area contributed by atoms with Crippen LogP contribution in [0.15, 0.2) is 22.2 Å². The maximum atomic E-state index is 4.64. The van der Waals surface area contributed by atoms with E-state index >= 15 is 0 Å². The average Bonchev–Trinajstić information content (AvgIpc) is 2.72. The van der Waals surface area contributed by atoms with Gasteiger partial charge in [-0.15, -0.1) is 5.10 Å². The highest BCUT2D eigenvalue weighted by atomic mass is 79.9. The van der Waals surface area contributed by atoms with Crippen molar-refractivity contribution < 1.29 is 0 Å². The van der Waals surface area contributed by atoms with Gasteiger partial charge in [0.15, 0.2) is 3.92 Å². The zero-order chi connectivity index (χ0) is 12.9. The van der Waals surface area contributed by atoms with Gasteiger partial charge < -0.3 is 0 Å². The summed E-state index contributed by atoms with van der Waals surface area (Å²) < 4.78 is 2.68. The molecule has 3 rings (SSSR count). The van der Waals surface area contributed by atoms with Crippen LogP contribution in [0.4, 0.5) is 0 Å². The molecule has 0 saturated carbocycles. The van der Waals surface area contributed by atoms with Gasteiger partial charge in [0.05, 0.1) is 11.9 Å². The molecule has 18 heavy (non-hydrogen) atoms. The van der Waals surface area contributed by atoms with Gasteiger partial charge in [-0.25, -0.2) is 9.50 Å². The number of hydrogen-bond acceptors (Lipinski definition) is 3. The Labute approximate surface area is 118 Å². The molecule has 0 aliphatic heterocycles. The summed E-state index contributed by atoms with van der Waals surface area (Å²) in [6.07, 6.45) is 1.99. The zero-order valence-corrected chi connectivity index (χ0v) is 12.8. The number of aryl methyl sites for hydroxylation is 3. The maximum absolute atomic E-state index is 4.64. The molecule has 0 unspecified atom stereocenters. The summed E-state index contributed by atoms with van der Waals surface area (Å²) >= 11 is 4.91. The first-order valence-electron chi connectivity index (χ1n) is 5.64. The van der Waals surface area contributed by atoms with Gasteiger partial charge in [0.25, 0.3) is 0 Å². The third-order valence-corrected chi connectivity index (χ3v) is 4.31. The van der Waals surface area contributed by atoms with Crippen molar-refractivity contribution in [3.05, 3.63) is 38.9 Å². The summed E-state index contributed by atoms with van der Waals surface area (Å²) in [6, 6.07) is 4.39. The molecular formula is C13H12BrN3S. The number of benzene rings is 1. The maximum Gasteiger partial charge on any atom is 0.213 e. The summed E-state index contributed by atoms with van der Waals surface area (Å²) in [5.41, 5.74) is 6.02. The van der Waals surface area contributed by atoms with Crippen molar-refractivity contribution in [1.29, 1.82) is 0 Å². The Kier molecular flexibility index (Phi) is 2.75. The smallest absolute Gasteiger partial charge is 0.213 e. The normalized spacial score (nSPS) is 11.3. The minimum absolute atomic E-state index is 0.855. The Morgan fingerprint density at radius 2 is 1.83 bits per heavy atom. The van der Waals surface area contributed by atoms with Crippen molar-refractivity contribution in [2.75, 3.05) is 0 Å². The summed E-state index contributed by atoms with van der Waals surface area (Å²) in [5, 5.41) is 4.33. The van der Waals surface area contributed by atoms with Crippen LogP contribution >= 0.6 is 27.3 Å². The van der Waals surface area contributed by atoms with E-state index in [2.05, 4.69) is 58.9 Å². The minimum Gasteiger partial charge on any atom is -0.217 e. The molecule has 3 nitrogen and oxygen atoms in total. The van der Waals surface area contributed by atoms with Crippen molar-refractivity contribution >= 4 is 32.2 Å². The highest BCUT2D eigenvalue weighted by molar-refractivity contribution is 9.11. The van der Waals surface area contributed by atoms with Crippen LogP contribution in [0.25, 0.3) is 16.2 Å². The number of halogens is 1. The molecule has 0 spiro atoms. The summed E-state index contributed by atoms with van der Waals surface area (Å²) in [6.45, 7) is 6.38. The lowest BCUT2D eigenvalue weighted by molar-refractivity contribution is 0.959. The molecule has 92 valence electrons. The molecular weight excluding hydrogens is 310 g/mol. The van der Waals surface area contributed by atoms with Crippen LogP contribution in [0.2, 0.25) is 0 Å². The lowest BCUT2D eigenvalue weighted by Gasteiger charge is -2.08. The Morgan fingerprint density at radius 1 is 1.17 bits per heavy atom. The zero-order valence-electron chi connectivity index (χ0n) is 10.4. The first-order chi connectivity index (χ1) is 8.54. The Morgan fingerprint density at radius 3 is 2.44 bits per heavy atom. The number of imidazole rings is 1. The lowest BCUT2D eigenvalue weighted by Crippen LogP contribution is -1.90. The summed E-state index contributed by atoms with van der Waals surface area (Å²) in [5.74, 6) is 0. The van der Waals surface area contributed by atoms with Gasteiger partial charge in [0, 0.05) is 5.56 Å².